The smallest absolute Gasteiger partial charge is 0.226 e. The summed E-state index contributed by atoms with van der Waals surface area (Å²) in [6.45, 7) is 4.14. The number of hydrogen-bond acceptors (Lipinski definition) is 3. The summed E-state index contributed by atoms with van der Waals surface area (Å²) in [6.07, 6.45) is 2.18. The minimum Gasteiger partial charge on any atom is -0.393 e. The van der Waals surface area contributed by atoms with Gasteiger partial charge >= 0.3 is 0 Å². The lowest BCUT2D eigenvalue weighted by Crippen LogP contribution is -2.28. The number of aromatic nitrogens is 1. The lowest BCUT2D eigenvalue weighted by molar-refractivity contribution is -0.120. The molecule has 1 unspecified atom stereocenters. The summed E-state index contributed by atoms with van der Waals surface area (Å²) in [5.41, 5.74) is 1.82. The zero-order valence-electron chi connectivity index (χ0n) is 9.73. The van der Waals surface area contributed by atoms with E-state index >= 15 is 0 Å². The summed E-state index contributed by atoms with van der Waals surface area (Å²) < 4.78 is 0. The highest BCUT2D eigenvalue weighted by Crippen LogP contribution is 2.03. The molecule has 1 aromatic heterocycles. The molecular formula is C12H18N2O2. The minimum absolute atomic E-state index is 0.0533. The van der Waals surface area contributed by atoms with Gasteiger partial charge in [0.1, 0.15) is 0 Å². The molecule has 2 N–H and O–H groups in total. The van der Waals surface area contributed by atoms with Gasteiger partial charge in [-0.25, -0.2) is 0 Å². The summed E-state index contributed by atoms with van der Waals surface area (Å²) in [6, 6.07) is 3.79. The molecular weight excluding hydrogens is 204 g/mol. The Kier molecular flexibility index (Phi) is 4.92. The Morgan fingerprint density at radius 1 is 1.62 bits per heavy atom. The van der Waals surface area contributed by atoms with Crippen LogP contribution < -0.4 is 5.32 Å². The van der Waals surface area contributed by atoms with Crippen molar-refractivity contribution in [3.63, 3.8) is 0 Å². The molecule has 0 spiro atoms. The number of rotatable bonds is 5. The van der Waals surface area contributed by atoms with Crippen LogP contribution in [0.1, 0.15) is 24.6 Å². The number of hydrogen-bond donors (Lipinski definition) is 2. The first-order valence-electron chi connectivity index (χ1n) is 5.45. The van der Waals surface area contributed by atoms with Gasteiger partial charge in [0.15, 0.2) is 0 Å². The maximum Gasteiger partial charge on any atom is 0.226 e. The van der Waals surface area contributed by atoms with Crippen LogP contribution in [-0.4, -0.2) is 28.6 Å². The molecule has 1 heterocycles. The summed E-state index contributed by atoms with van der Waals surface area (Å²) in [5, 5.41) is 11.8. The predicted molar refractivity (Wildman–Crippen MR) is 62.0 cm³/mol. The van der Waals surface area contributed by atoms with E-state index in [4.69, 9.17) is 5.11 Å². The number of nitrogens with zero attached hydrogens (tertiary/aromatic N) is 1. The highest BCUT2D eigenvalue weighted by molar-refractivity contribution is 5.78. The SMILES string of the molecule is Cc1cccnc1CC(=O)NCCC(C)O. The van der Waals surface area contributed by atoms with Gasteiger partial charge in [-0.15, -0.1) is 0 Å². The Balaban J connectivity index is 2.37. The lowest BCUT2D eigenvalue weighted by Gasteiger charge is -2.07. The van der Waals surface area contributed by atoms with Gasteiger partial charge in [0.2, 0.25) is 5.91 Å². The maximum absolute atomic E-state index is 11.5. The molecule has 1 amide bonds. The fourth-order valence-corrected chi connectivity index (χ4v) is 1.34. The number of amides is 1. The number of carbonyl (C=O) groups is 1. The summed E-state index contributed by atoms with van der Waals surface area (Å²) in [7, 11) is 0. The highest BCUT2D eigenvalue weighted by Gasteiger charge is 2.06. The lowest BCUT2D eigenvalue weighted by atomic mass is 10.1. The molecule has 0 fully saturated rings. The van der Waals surface area contributed by atoms with E-state index in [2.05, 4.69) is 10.3 Å². The van der Waals surface area contributed by atoms with Crippen LogP contribution in [0.3, 0.4) is 0 Å². The monoisotopic (exact) mass is 222 g/mol. The van der Waals surface area contributed by atoms with Crippen molar-refractivity contribution in [3.05, 3.63) is 29.6 Å². The van der Waals surface area contributed by atoms with Gasteiger partial charge < -0.3 is 10.4 Å². The summed E-state index contributed by atoms with van der Waals surface area (Å²) >= 11 is 0. The number of aliphatic hydroxyl groups excluding tert-OH is 1. The van der Waals surface area contributed by atoms with Crippen molar-refractivity contribution in [2.24, 2.45) is 0 Å². The first-order valence-corrected chi connectivity index (χ1v) is 5.45. The van der Waals surface area contributed by atoms with E-state index < -0.39 is 0 Å². The van der Waals surface area contributed by atoms with E-state index in [0.29, 0.717) is 19.4 Å². The van der Waals surface area contributed by atoms with Crippen LogP contribution in [0.2, 0.25) is 0 Å². The van der Waals surface area contributed by atoms with Gasteiger partial charge in [-0.3, -0.25) is 9.78 Å². The fraction of sp³-hybridized carbons (Fsp3) is 0.500. The zero-order chi connectivity index (χ0) is 12.0. The van der Waals surface area contributed by atoms with Gasteiger partial charge in [-0.1, -0.05) is 6.07 Å². The third kappa shape index (κ3) is 4.40. The first kappa shape index (κ1) is 12.6. The predicted octanol–water partition coefficient (Wildman–Crippen LogP) is 0.820. The van der Waals surface area contributed by atoms with E-state index in [1.807, 2.05) is 19.1 Å². The van der Waals surface area contributed by atoms with Crippen LogP contribution in [0.25, 0.3) is 0 Å². The van der Waals surface area contributed by atoms with Crippen molar-refractivity contribution in [1.29, 1.82) is 0 Å². The fourth-order valence-electron chi connectivity index (χ4n) is 1.34. The van der Waals surface area contributed by atoms with Crippen molar-refractivity contribution < 1.29 is 9.90 Å². The van der Waals surface area contributed by atoms with E-state index in [-0.39, 0.29) is 12.0 Å². The Hall–Kier alpha value is -1.42. The normalized spacial score (nSPS) is 12.2. The zero-order valence-corrected chi connectivity index (χ0v) is 9.73. The summed E-state index contributed by atoms with van der Waals surface area (Å²) in [4.78, 5) is 15.7. The standard InChI is InChI=1S/C12H18N2O2/c1-9-4-3-6-13-11(9)8-12(16)14-7-5-10(2)15/h3-4,6,10,15H,5,7-8H2,1-2H3,(H,14,16). The molecule has 4 heteroatoms. The Labute approximate surface area is 95.7 Å². The second-order valence-electron chi connectivity index (χ2n) is 3.93. The van der Waals surface area contributed by atoms with Crippen LogP contribution >= 0.6 is 0 Å². The molecule has 0 aliphatic rings. The van der Waals surface area contributed by atoms with Crippen LogP contribution in [0.5, 0.6) is 0 Å². The van der Waals surface area contributed by atoms with Crippen LogP contribution in [0.4, 0.5) is 0 Å². The second-order valence-corrected chi connectivity index (χ2v) is 3.93. The number of pyridine rings is 1. The number of aliphatic hydroxyl groups is 1. The van der Waals surface area contributed by atoms with Crippen LogP contribution in [0, 0.1) is 6.92 Å². The van der Waals surface area contributed by atoms with E-state index in [1.54, 1.807) is 13.1 Å². The molecule has 1 rings (SSSR count). The van der Waals surface area contributed by atoms with Crippen molar-refractivity contribution in [3.8, 4) is 0 Å². The molecule has 0 aliphatic carbocycles. The van der Waals surface area contributed by atoms with E-state index in [0.717, 1.165) is 11.3 Å². The largest absolute Gasteiger partial charge is 0.393 e. The molecule has 1 aromatic rings. The topological polar surface area (TPSA) is 62.2 Å². The van der Waals surface area contributed by atoms with E-state index in [9.17, 15) is 4.79 Å². The van der Waals surface area contributed by atoms with Gasteiger partial charge in [-0.2, -0.15) is 0 Å². The average Bonchev–Trinajstić information content (AvgIpc) is 2.21. The molecule has 0 radical (unpaired) electrons. The molecule has 88 valence electrons. The third-order valence-electron chi connectivity index (χ3n) is 2.33. The van der Waals surface area contributed by atoms with Crippen molar-refractivity contribution in [2.75, 3.05) is 6.54 Å². The van der Waals surface area contributed by atoms with E-state index in [1.165, 1.54) is 0 Å². The molecule has 0 bridgehead atoms. The molecule has 0 aromatic carbocycles. The van der Waals surface area contributed by atoms with Gasteiger partial charge in [0.25, 0.3) is 0 Å². The Morgan fingerprint density at radius 3 is 3.00 bits per heavy atom. The number of carbonyl (C=O) groups excluding carboxylic acids is 1. The van der Waals surface area contributed by atoms with Gasteiger partial charge in [0.05, 0.1) is 18.2 Å². The highest BCUT2D eigenvalue weighted by atomic mass is 16.3. The minimum atomic E-state index is -0.378. The van der Waals surface area contributed by atoms with Crippen molar-refractivity contribution >= 4 is 5.91 Å². The molecule has 16 heavy (non-hydrogen) atoms. The van der Waals surface area contributed by atoms with Crippen molar-refractivity contribution in [1.82, 2.24) is 10.3 Å². The number of nitrogens with one attached hydrogen (secondary N) is 1. The van der Waals surface area contributed by atoms with Crippen LogP contribution in [0.15, 0.2) is 18.3 Å². The second kappa shape index (κ2) is 6.23. The molecule has 0 aliphatic heterocycles. The average molecular weight is 222 g/mol. The quantitative estimate of drug-likeness (QED) is 0.775. The molecule has 0 saturated heterocycles. The molecule has 0 saturated carbocycles. The van der Waals surface area contributed by atoms with Crippen LogP contribution in [-0.2, 0) is 11.2 Å². The third-order valence-corrected chi connectivity index (χ3v) is 2.33. The molecule has 4 nitrogen and oxygen atoms in total. The number of aryl methyl sites for hydroxylation is 1. The molecule has 1 atom stereocenters. The Morgan fingerprint density at radius 2 is 2.38 bits per heavy atom. The Bertz CT molecular complexity index is 351. The van der Waals surface area contributed by atoms with Crippen molar-refractivity contribution in [2.45, 2.75) is 32.8 Å². The summed E-state index contributed by atoms with van der Waals surface area (Å²) in [5.74, 6) is -0.0533. The maximum atomic E-state index is 11.5. The van der Waals surface area contributed by atoms with Gasteiger partial charge in [0, 0.05) is 12.7 Å². The first-order chi connectivity index (χ1) is 7.59. The van der Waals surface area contributed by atoms with Gasteiger partial charge in [-0.05, 0) is 31.9 Å².